The van der Waals surface area contributed by atoms with Gasteiger partial charge in [0.25, 0.3) is 0 Å². The van der Waals surface area contributed by atoms with E-state index in [1.165, 1.54) is 0 Å². The fraction of sp³-hybridized carbons (Fsp3) is 0.493. The standard InChI is InChI=1S/C75H114NO8P/c1-3-5-7-9-11-13-15-17-19-21-23-25-27-29-31-32-33-34-35-36-37-38-39-40-42-44-46-48-50-52-54-56-58-60-62-64-66-68-75(78)84-73(72-83-85(79,80)82-70-69-76)71-81-74(77)67-65-63-61-59-57-55-53-51-49-47-45-43-41-30-28-26-24-22-20-18-16-14-12-10-8-6-4-2/h5-8,11-14,17-20,23-26,29-31,33-34,36-37,39-41,44-47,50-53,57,59,73H,3-4,9-10,15-16,21-22,27-28,32,35,38,42-43,48-49,54-56,58,60-72,76H2,1-2H3,(H,79,80)/b7-5-,8-6-,13-11-,14-12-,19-17-,20-18-,25-23-,26-24-,31-29-,34-33-,37-36-,40-39-,41-30-,46-44-,47-45-,52-50-,53-51-,59-57-. The van der Waals surface area contributed by atoms with Gasteiger partial charge in [0, 0.05) is 19.4 Å². The summed E-state index contributed by atoms with van der Waals surface area (Å²) in [7, 11) is -4.42. The molecule has 0 rings (SSSR count). The lowest BCUT2D eigenvalue weighted by Gasteiger charge is -2.19. The summed E-state index contributed by atoms with van der Waals surface area (Å²) in [5.74, 6) is -0.917. The van der Waals surface area contributed by atoms with Crippen LogP contribution in [0.25, 0.3) is 0 Å². The number of allylic oxidation sites excluding steroid dienone is 36. The summed E-state index contributed by atoms with van der Waals surface area (Å²) in [5, 5.41) is 0. The van der Waals surface area contributed by atoms with Crippen LogP contribution in [0.1, 0.15) is 206 Å². The molecule has 10 heteroatoms. The smallest absolute Gasteiger partial charge is 0.462 e. The Bertz CT molecular complexity index is 2190. The predicted molar refractivity (Wildman–Crippen MR) is 366 cm³/mol. The SMILES string of the molecule is CC/C=C\C/C=C\C/C=C\C/C=C\C/C=C\C/C=C\C/C=C\C/C=C\C/C=C\C/C=C\CCCCCCCCC(=O)OC(COC(=O)CCCC/C=C\C/C=C\C/C=C\C/C=C\C/C=C\C/C=C\C/C=C\C/C=C\CC)COP(=O)(O)OCCN. The topological polar surface area (TPSA) is 134 Å². The van der Waals surface area contributed by atoms with E-state index in [1.807, 2.05) is 0 Å². The van der Waals surface area contributed by atoms with Crippen LogP contribution in [-0.4, -0.2) is 49.3 Å². The third-order valence-electron chi connectivity index (χ3n) is 12.4. The maximum Gasteiger partial charge on any atom is 0.472 e. The van der Waals surface area contributed by atoms with E-state index < -0.39 is 32.5 Å². The van der Waals surface area contributed by atoms with E-state index in [2.05, 4.69) is 233 Å². The van der Waals surface area contributed by atoms with Gasteiger partial charge in [-0.1, -0.05) is 258 Å². The summed E-state index contributed by atoms with van der Waals surface area (Å²) in [4.78, 5) is 35.3. The van der Waals surface area contributed by atoms with Crippen LogP contribution in [0.5, 0.6) is 0 Å². The maximum absolute atomic E-state index is 12.7. The number of carbonyl (C=O) groups is 2. The molecule has 0 aromatic heterocycles. The van der Waals surface area contributed by atoms with Crippen molar-refractivity contribution in [2.75, 3.05) is 26.4 Å². The lowest BCUT2D eigenvalue weighted by Crippen LogP contribution is -2.29. The van der Waals surface area contributed by atoms with Crippen molar-refractivity contribution in [2.24, 2.45) is 5.73 Å². The molecule has 9 nitrogen and oxygen atoms in total. The minimum Gasteiger partial charge on any atom is -0.462 e. The van der Waals surface area contributed by atoms with Crippen LogP contribution in [0.15, 0.2) is 219 Å². The van der Waals surface area contributed by atoms with Gasteiger partial charge in [0.15, 0.2) is 6.10 Å². The Labute approximate surface area is 518 Å². The summed E-state index contributed by atoms with van der Waals surface area (Å²) >= 11 is 0. The number of hydrogen-bond acceptors (Lipinski definition) is 8. The first kappa shape index (κ1) is 79.3. The molecule has 0 aromatic carbocycles. The minimum atomic E-state index is -4.42. The first-order valence-corrected chi connectivity index (χ1v) is 33.7. The van der Waals surface area contributed by atoms with E-state index >= 15 is 0 Å². The predicted octanol–water partition coefficient (Wildman–Crippen LogP) is 21.3. The monoisotopic (exact) mass is 1190 g/mol. The average Bonchev–Trinajstić information content (AvgIpc) is 3.52. The van der Waals surface area contributed by atoms with Crippen LogP contribution >= 0.6 is 7.82 Å². The minimum absolute atomic E-state index is 0.0315. The Hall–Kier alpha value is -5.67. The molecule has 0 aliphatic carbocycles. The first-order valence-electron chi connectivity index (χ1n) is 32.2. The number of unbranched alkanes of at least 4 members (excludes halogenated alkanes) is 8. The number of hydrogen-bond donors (Lipinski definition) is 2. The number of carbonyl (C=O) groups excluding carboxylic acids is 2. The molecule has 0 aliphatic heterocycles. The molecular weight excluding hydrogens is 1070 g/mol. The second kappa shape index (κ2) is 67.5. The van der Waals surface area contributed by atoms with Crippen LogP contribution in [-0.2, 0) is 32.7 Å². The van der Waals surface area contributed by atoms with Crippen molar-refractivity contribution >= 4 is 19.8 Å². The zero-order valence-corrected chi connectivity index (χ0v) is 53.6. The maximum atomic E-state index is 12.7. The van der Waals surface area contributed by atoms with E-state index in [-0.39, 0.29) is 32.6 Å². The molecule has 0 saturated carbocycles. The third-order valence-corrected chi connectivity index (χ3v) is 13.3. The lowest BCUT2D eigenvalue weighted by molar-refractivity contribution is -0.161. The summed E-state index contributed by atoms with van der Waals surface area (Å²) in [6.07, 6.45) is 106. The molecule has 0 amide bonds. The van der Waals surface area contributed by atoms with E-state index in [4.69, 9.17) is 24.3 Å². The summed E-state index contributed by atoms with van der Waals surface area (Å²) in [6.45, 7) is 3.41. The fourth-order valence-electron chi connectivity index (χ4n) is 7.68. The van der Waals surface area contributed by atoms with Gasteiger partial charge in [-0.15, -0.1) is 0 Å². The summed E-state index contributed by atoms with van der Waals surface area (Å²) < 4.78 is 33.0. The Morgan fingerprint density at radius 2 is 0.612 bits per heavy atom. The van der Waals surface area contributed by atoms with Crippen LogP contribution in [0.4, 0.5) is 0 Å². The number of phosphoric acid groups is 1. The van der Waals surface area contributed by atoms with Crippen molar-refractivity contribution in [1.29, 1.82) is 0 Å². The molecule has 0 fully saturated rings. The van der Waals surface area contributed by atoms with Crippen molar-refractivity contribution < 1.29 is 37.6 Å². The highest BCUT2D eigenvalue weighted by Crippen LogP contribution is 2.43. The number of phosphoric ester groups is 1. The van der Waals surface area contributed by atoms with Gasteiger partial charge in [0.1, 0.15) is 6.61 Å². The van der Waals surface area contributed by atoms with Crippen LogP contribution in [0.3, 0.4) is 0 Å². The number of nitrogens with two attached hydrogens (primary N) is 1. The van der Waals surface area contributed by atoms with Gasteiger partial charge in [-0.2, -0.15) is 0 Å². The van der Waals surface area contributed by atoms with E-state index in [1.54, 1.807) is 0 Å². The molecule has 0 saturated heterocycles. The molecule has 0 bridgehead atoms. The van der Waals surface area contributed by atoms with Crippen molar-refractivity contribution in [1.82, 2.24) is 0 Å². The molecule has 0 heterocycles. The Balaban J connectivity index is 4.14. The second-order valence-corrected chi connectivity index (χ2v) is 21.6. The van der Waals surface area contributed by atoms with Crippen molar-refractivity contribution in [3.63, 3.8) is 0 Å². The average molecular weight is 1190 g/mol. The summed E-state index contributed by atoms with van der Waals surface area (Å²) in [6, 6.07) is 0. The molecule has 0 aliphatic rings. The highest BCUT2D eigenvalue weighted by atomic mass is 31.2. The van der Waals surface area contributed by atoms with E-state index in [9.17, 15) is 19.0 Å². The third kappa shape index (κ3) is 67.3. The molecule has 0 aromatic rings. The van der Waals surface area contributed by atoms with Crippen LogP contribution in [0, 0.1) is 0 Å². The Morgan fingerprint density at radius 3 is 0.929 bits per heavy atom. The Kier molecular flexibility index (Phi) is 63.0. The molecule has 85 heavy (non-hydrogen) atoms. The van der Waals surface area contributed by atoms with Crippen molar-refractivity contribution in [3.8, 4) is 0 Å². The molecule has 0 spiro atoms. The van der Waals surface area contributed by atoms with Gasteiger partial charge in [-0.05, 0) is 154 Å². The van der Waals surface area contributed by atoms with Gasteiger partial charge in [-0.25, -0.2) is 4.57 Å². The van der Waals surface area contributed by atoms with Gasteiger partial charge < -0.3 is 20.1 Å². The van der Waals surface area contributed by atoms with Gasteiger partial charge >= 0.3 is 19.8 Å². The number of esters is 2. The van der Waals surface area contributed by atoms with Crippen molar-refractivity contribution in [3.05, 3.63) is 219 Å². The summed E-state index contributed by atoms with van der Waals surface area (Å²) in [5.41, 5.74) is 5.39. The van der Waals surface area contributed by atoms with E-state index in [0.717, 1.165) is 167 Å². The highest BCUT2D eigenvalue weighted by molar-refractivity contribution is 7.47. The van der Waals surface area contributed by atoms with Gasteiger partial charge in [0.05, 0.1) is 13.2 Å². The van der Waals surface area contributed by atoms with Gasteiger partial charge in [-0.3, -0.25) is 18.6 Å². The zero-order chi connectivity index (χ0) is 61.6. The van der Waals surface area contributed by atoms with Crippen LogP contribution < -0.4 is 5.73 Å². The molecule has 3 N–H and O–H groups in total. The molecule has 0 radical (unpaired) electrons. The highest BCUT2D eigenvalue weighted by Gasteiger charge is 2.26. The largest absolute Gasteiger partial charge is 0.472 e. The lowest BCUT2D eigenvalue weighted by atomic mass is 10.1. The van der Waals surface area contributed by atoms with Gasteiger partial charge in [0.2, 0.25) is 0 Å². The molecule has 2 atom stereocenters. The normalized spacial score (nSPS) is 14.4. The number of ether oxygens (including phenoxy) is 2. The number of rotatable bonds is 57. The second-order valence-electron chi connectivity index (χ2n) is 20.2. The fourth-order valence-corrected chi connectivity index (χ4v) is 8.44. The van der Waals surface area contributed by atoms with E-state index in [0.29, 0.717) is 12.8 Å². The molecule has 2 unspecified atom stereocenters. The van der Waals surface area contributed by atoms with Crippen molar-refractivity contribution in [2.45, 2.75) is 213 Å². The quantitative estimate of drug-likeness (QED) is 0.0264. The molecular formula is C75H114NO8P. The van der Waals surface area contributed by atoms with Crippen LogP contribution in [0.2, 0.25) is 0 Å². The first-order chi connectivity index (χ1) is 41.8. The molecule has 472 valence electrons. The Morgan fingerprint density at radius 1 is 0.353 bits per heavy atom. The zero-order valence-electron chi connectivity index (χ0n) is 52.7.